The molecule has 1 aliphatic rings. The van der Waals surface area contributed by atoms with Gasteiger partial charge in [0.15, 0.2) is 0 Å². The van der Waals surface area contributed by atoms with Crippen LogP contribution in [0.15, 0.2) is 44.9 Å². The first kappa shape index (κ1) is 15.6. The first-order chi connectivity index (χ1) is 11.2. The van der Waals surface area contributed by atoms with E-state index in [9.17, 15) is 5.11 Å². The molecule has 23 heavy (non-hydrogen) atoms. The van der Waals surface area contributed by atoms with Crippen LogP contribution in [0, 0.1) is 0 Å². The highest BCUT2D eigenvalue weighted by atomic mass is 32.2. The van der Waals surface area contributed by atoms with E-state index in [1.54, 1.807) is 17.1 Å². The molecule has 1 aromatic carbocycles. The molecule has 2 heterocycles. The standard InChI is InChI=1S/C14H17N5O3S/c15-11-2-1-3-12(8-11)23-10-13(20)16-14-9-19(17-22-14)18-4-6-21-7-5-18/h1-3,8-9H,4-7,10,15H2. The molecule has 2 N–H and O–H groups in total. The monoisotopic (exact) mass is 335 g/mol. The smallest absolute Gasteiger partial charge is 0.324 e. The van der Waals surface area contributed by atoms with Crippen LogP contribution in [0.3, 0.4) is 0 Å². The summed E-state index contributed by atoms with van der Waals surface area (Å²) >= 11 is 1.38. The van der Waals surface area contributed by atoms with Crippen molar-refractivity contribution in [1.82, 2.24) is 5.27 Å². The van der Waals surface area contributed by atoms with E-state index in [0.717, 1.165) is 18.0 Å². The molecule has 0 spiro atoms. The Morgan fingerprint density at radius 2 is 2.26 bits per heavy atom. The summed E-state index contributed by atoms with van der Waals surface area (Å²) in [5, 5.41) is 17.7. The molecular formula is C14H17N5O3S. The van der Waals surface area contributed by atoms with Crippen LogP contribution < -0.4 is 20.6 Å². The predicted molar refractivity (Wildman–Crippen MR) is 84.1 cm³/mol. The number of aliphatic imine (C=N–C) groups is 1. The van der Waals surface area contributed by atoms with E-state index in [4.69, 9.17) is 15.0 Å². The highest BCUT2D eigenvalue weighted by molar-refractivity contribution is 8.00. The minimum Gasteiger partial charge on any atom is -0.861 e. The Hall–Kier alpha value is -2.26. The number of thioether (sulfide) groups is 1. The molecular weight excluding hydrogens is 318 g/mol. The molecule has 0 aliphatic carbocycles. The van der Waals surface area contributed by atoms with Crippen LogP contribution in [-0.2, 0) is 4.74 Å². The number of aromatic nitrogens is 2. The van der Waals surface area contributed by atoms with Crippen LogP contribution in [-0.4, -0.2) is 43.2 Å². The van der Waals surface area contributed by atoms with Crippen LogP contribution in [0.25, 0.3) is 0 Å². The van der Waals surface area contributed by atoms with Crippen molar-refractivity contribution in [1.29, 1.82) is 0 Å². The van der Waals surface area contributed by atoms with Crippen molar-refractivity contribution in [3.8, 4) is 0 Å². The Kier molecular flexibility index (Phi) is 4.99. The summed E-state index contributed by atoms with van der Waals surface area (Å²) in [6.45, 7) is 2.72. The van der Waals surface area contributed by atoms with Gasteiger partial charge in [-0.1, -0.05) is 6.07 Å². The SMILES string of the molecule is Nc1cccc(SC/C([O-])=N\c2c[n+](N3CCOCC3)no2)c1. The molecule has 1 aliphatic heterocycles. The molecule has 1 aromatic heterocycles. The Labute approximate surface area is 137 Å². The maximum Gasteiger partial charge on any atom is 0.324 e. The van der Waals surface area contributed by atoms with Crippen LogP contribution in [0.1, 0.15) is 0 Å². The van der Waals surface area contributed by atoms with Gasteiger partial charge in [0.05, 0.1) is 31.1 Å². The molecule has 0 saturated carbocycles. The van der Waals surface area contributed by atoms with Gasteiger partial charge in [-0.05, 0) is 24.1 Å². The number of hydrogen-bond donors (Lipinski definition) is 1. The Balaban J connectivity index is 1.58. The zero-order valence-corrected chi connectivity index (χ0v) is 13.2. The van der Waals surface area contributed by atoms with Crippen LogP contribution >= 0.6 is 11.8 Å². The topological polar surface area (TPSA) is 104 Å². The van der Waals surface area contributed by atoms with Crippen molar-refractivity contribution in [2.75, 3.05) is 42.8 Å². The van der Waals surface area contributed by atoms with Crippen molar-refractivity contribution in [2.24, 2.45) is 4.99 Å². The first-order valence-electron chi connectivity index (χ1n) is 7.15. The van der Waals surface area contributed by atoms with E-state index in [1.165, 1.54) is 11.8 Å². The fraction of sp³-hybridized carbons (Fsp3) is 0.357. The van der Waals surface area contributed by atoms with Gasteiger partial charge in [-0.2, -0.15) is 0 Å². The minimum atomic E-state index is -0.289. The molecule has 8 nitrogen and oxygen atoms in total. The summed E-state index contributed by atoms with van der Waals surface area (Å²) in [4.78, 5) is 6.39. The molecule has 0 bridgehead atoms. The fourth-order valence-corrected chi connectivity index (χ4v) is 2.82. The zero-order chi connectivity index (χ0) is 16.1. The summed E-state index contributed by atoms with van der Waals surface area (Å²) in [5.74, 6) is 0.110. The number of morpholine rings is 1. The van der Waals surface area contributed by atoms with Crippen LogP contribution in [0.2, 0.25) is 0 Å². The third-order valence-electron chi connectivity index (χ3n) is 3.18. The number of nitrogens with zero attached hydrogens (tertiary/aromatic N) is 4. The number of ether oxygens (including phenoxy) is 1. The van der Waals surface area contributed by atoms with Crippen molar-refractivity contribution in [3.63, 3.8) is 0 Å². The lowest BCUT2D eigenvalue weighted by atomic mass is 10.3. The maximum absolute atomic E-state index is 11.9. The number of anilines is 1. The third-order valence-corrected chi connectivity index (χ3v) is 4.16. The molecule has 9 heteroatoms. The van der Waals surface area contributed by atoms with E-state index in [1.807, 2.05) is 23.2 Å². The van der Waals surface area contributed by atoms with Gasteiger partial charge >= 0.3 is 5.88 Å². The van der Waals surface area contributed by atoms with Crippen molar-refractivity contribution >= 4 is 29.2 Å². The number of nitrogens with two attached hydrogens (primary N) is 1. The summed E-state index contributed by atoms with van der Waals surface area (Å²) < 4.78 is 10.3. The molecule has 1 fully saturated rings. The largest absolute Gasteiger partial charge is 0.861 e. The fourth-order valence-electron chi connectivity index (χ4n) is 2.08. The molecule has 2 aromatic rings. The quantitative estimate of drug-likeness (QED) is 0.263. The highest BCUT2D eigenvalue weighted by Gasteiger charge is 2.22. The first-order valence-corrected chi connectivity index (χ1v) is 8.14. The second-order valence-electron chi connectivity index (χ2n) is 4.89. The average molecular weight is 335 g/mol. The molecule has 1 saturated heterocycles. The third kappa shape index (κ3) is 4.36. The van der Waals surface area contributed by atoms with Gasteiger partial charge in [0.25, 0.3) is 6.20 Å². The van der Waals surface area contributed by atoms with Crippen molar-refractivity contribution in [3.05, 3.63) is 30.5 Å². The van der Waals surface area contributed by atoms with Gasteiger partial charge in [0.2, 0.25) is 5.27 Å². The zero-order valence-electron chi connectivity index (χ0n) is 12.4. The van der Waals surface area contributed by atoms with Crippen LogP contribution in [0.5, 0.6) is 0 Å². The van der Waals surface area contributed by atoms with E-state index < -0.39 is 0 Å². The summed E-state index contributed by atoms with van der Waals surface area (Å²) in [5.41, 5.74) is 6.37. The molecule has 0 unspecified atom stereocenters. The molecule has 0 amide bonds. The number of rotatable bonds is 5. The number of benzene rings is 1. The van der Waals surface area contributed by atoms with Gasteiger partial charge in [-0.25, -0.2) is 4.99 Å². The van der Waals surface area contributed by atoms with Gasteiger partial charge in [0.1, 0.15) is 0 Å². The van der Waals surface area contributed by atoms with Gasteiger partial charge in [-0.3, -0.25) is 4.52 Å². The lowest BCUT2D eigenvalue weighted by molar-refractivity contribution is -0.759. The van der Waals surface area contributed by atoms with E-state index in [0.29, 0.717) is 18.9 Å². The van der Waals surface area contributed by atoms with E-state index in [2.05, 4.69) is 10.3 Å². The molecule has 0 atom stereocenters. The van der Waals surface area contributed by atoms with Crippen LogP contribution in [0.4, 0.5) is 11.6 Å². The van der Waals surface area contributed by atoms with Gasteiger partial charge in [0, 0.05) is 16.3 Å². The average Bonchev–Trinajstić information content (AvgIpc) is 3.02. The second kappa shape index (κ2) is 7.34. The Morgan fingerprint density at radius 3 is 3.04 bits per heavy atom. The van der Waals surface area contributed by atoms with E-state index >= 15 is 0 Å². The molecule has 122 valence electrons. The summed E-state index contributed by atoms with van der Waals surface area (Å²) in [6.07, 6.45) is 1.59. The lowest BCUT2D eigenvalue weighted by Crippen LogP contribution is -2.62. The number of nitrogen functional groups attached to an aromatic ring is 1. The predicted octanol–water partition coefficient (Wildman–Crippen LogP) is -0.305. The normalized spacial score (nSPS) is 15.8. The lowest BCUT2D eigenvalue weighted by Gasteiger charge is -2.18. The molecule has 0 radical (unpaired) electrons. The molecule has 3 rings (SSSR count). The summed E-state index contributed by atoms with van der Waals surface area (Å²) in [6, 6.07) is 7.37. The second-order valence-corrected chi connectivity index (χ2v) is 5.94. The summed E-state index contributed by atoms with van der Waals surface area (Å²) in [7, 11) is 0. The highest BCUT2D eigenvalue weighted by Crippen LogP contribution is 2.20. The Bertz CT molecular complexity index is 685. The number of hydrogen-bond acceptors (Lipinski definition) is 8. The minimum absolute atomic E-state index is 0.190. The maximum atomic E-state index is 11.9. The Morgan fingerprint density at radius 1 is 1.43 bits per heavy atom. The van der Waals surface area contributed by atoms with Crippen molar-refractivity contribution < 1.29 is 19.2 Å². The van der Waals surface area contributed by atoms with E-state index in [-0.39, 0.29) is 17.5 Å². The van der Waals surface area contributed by atoms with Crippen molar-refractivity contribution in [2.45, 2.75) is 4.90 Å². The van der Waals surface area contributed by atoms with Gasteiger partial charge in [-0.15, -0.1) is 16.8 Å². The van der Waals surface area contributed by atoms with Gasteiger partial charge < -0.3 is 15.6 Å².